The van der Waals surface area contributed by atoms with Crippen LogP contribution in [0.1, 0.15) is 11.1 Å². The molecule has 23 heavy (non-hydrogen) atoms. The van der Waals surface area contributed by atoms with Crippen molar-refractivity contribution in [3.05, 3.63) is 47.9 Å². The lowest BCUT2D eigenvalue weighted by atomic mass is 10.00. The molecule has 2 aromatic heterocycles. The molecule has 0 atom stereocenters. The first-order valence-corrected chi connectivity index (χ1v) is 7.33. The maximum atomic E-state index is 5.38. The van der Waals surface area contributed by atoms with Crippen molar-refractivity contribution in [2.75, 3.05) is 13.1 Å². The monoisotopic (exact) mass is 329 g/mol. The Bertz CT molecular complexity index is 790. The van der Waals surface area contributed by atoms with Gasteiger partial charge in [-0.3, -0.25) is 4.98 Å². The van der Waals surface area contributed by atoms with Crippen LogP contribution in [0, 0.1) is 0 Å². The molecule has 7 heteroatoms. The molecule has 0 amide bonds. The van der Waals surface area contributed by atoms with Crippen LogP contribution < -0.4 is 5.32 Å². The average molecular weight is 330 g/mol. The van der Waals surface area contributed by atoms with Gasteiger partial charge >= 0.3 is 0 Å². The van der Waals surface area contributed by atoms with Gasteiger partial charge in [0.1, 0.15) is 5.69 Å². The molecule has 1 aliphatic rings. The van der Waals surface area contributed by atoms with Crippen LogP contribution in [-0.2, 0) is 12.8 Å². The van der Waals surface area contributed by atoms with Crippen molar-refractivity contribution in [1.82, 2.24) is 25.4 Å². The summed E-state index contributed by atoms with van der Waals surface area (Å²) in [7, 11) is 0. The van der Waals surface area contributed by atoms with E-state index < -0.39 is 0 Å². The van der Waals surface area contributed by atoms with Gasteiger partial charge < -0.3 is 9.84 Å². The van der Waals surface area contributed by atoms with Crippen molar-refractivity contribution in [3.63, 3.8) is 0 Å². The number of nitrogens with one attached hydrogen (secondary N) is 1. The van der Waals surface area contributed by atoms with Crippen LogP contribution in [0.15, 0.2) is 41.3 Å². The van der Waals surface area contributed by atoms with Crippen LogP contribution in [-0.4, -0.2) is 33.2 Å². The molecule has 1 aliphatic heterocycles. The van der Waals surface area contributed by atoms with Crippen LogP contribution in [0.4, 0.5) is 0 Å². The fraction of sp³-hybridized carbons (Fsp3) is 0.250. The molecule has 4 rings (SSSR count). The Morgan fingerprint density at radius 3 is 2.74 bits per heavy atom. The predicted molar refractivity (Wildman–Crippen MR) is 88.3 cm³/mol. The number of hydrogen-bond acceptors (Lipinski definition) is 6. The van der Waals surface area contributed by atoms with Gasteiger partial charge in [0.15, 0.2) is 0 Å². The van der Waals surface area contributed by atoms with E-state index in [9.17, 15) is 0 Å². The maximum absolute atomic E-state index is 5.38. The molecule has 0 bridgehead atoms. The van der Waals surface area contributed by atoms with Crippen LogP contribution in [0.2, 0.25) is 0 Å². The fourth-order valence-corrected chi connectivity index (χ4v) is 2.67. The van der Waals surface area contributed by atoms with Crippen molar-refractivity contribution < 1.29 is 4.52 Å². The molecular formula is C16H16ClN5O. The minimum Gasteiger partial charge on any atom is -0.334 e. The summed E-state index contributed by atoms with van der Waals surface area (Å²) in [6.07, 6.45) is 6.93. The molecule has 0 radical (unpaired) electrons. The van der Waals surface area contributed by atoms with Gasteiger partial charge in [-0.15, -0.1) is 12.4 Å². The van der Waals surface area contributed by atoms with E-state index in [-0.39, 0.29) is 12.4 Å². The number of benzene rings is 1. The first kappa shape index (κ1) is 15.6. The van der Waals surface area contributed by atoms with Crippen molar-refractivity contribution in [1.29, 1.82) is 0 Å². The molecule has 118 valence electrons. The van der Waals surface area contributed by atoms with Gasteiger partial charge in [-0.2, -0.15) is 4.98 Å². The first-order valence-electron chi connectivity index (χ1n) is 7.33. The van der Waals surface area contributed by atoms with Crippen molar-refractivity contribution >= 4 is 12.4 Å². The zero-order chi connectivity index (χ0) is 14.8. The van der Waals surface area contributed by atoms with Gasteiger partial charge in [0.2, 0.25) is 5.82 Å². The van der Waals surface area contributed by atoms with Crippen LogP contribution in [0.25, 0.3) is 23.0 Å². The lowest BCUT2D eigenvalue weighted by molar-refractivity contribution is 0.432. The summed E-state index contributed by atoms with van der Waals surface area (Å²) in [6.45, 7) is 2.04. The molecule has 0 fully saturated rings. The number of hydrogen-bond donors (Lipinski definition) is 1. The van der Waals surface area contributed by atoms with Crippen LogP contribution in [0.5, 0.6) is 0 Å². The van der Waals surface area contributed by atoms with E-state index in [1.54, 1.807) is 18.6 Å². The zero-order valence-corrected chi connectivity index (χ0v) is 13.2. The second-order valence-electron chi connectivity index (χ2n) is 5.25. The minimum absolute atomic E-state index is 0. The number of rotatable bonds is 2. The summed E-state index contributed by atoms with van der Waals surface area (Å²) in [6, 6.07) is 6.35. The molecule has 3 heterocycles. The number of fused-ring (bicyclic) bond motifs is 1. The summed E-state index contributed by atoms with van der Waals surface area (Å²) in [5.74, 6) is 0.973. The molecule has 3 aromatic rings. The van der Waals surface area contributed by atoms with Gasteiger partial charge in [-0.25, -0.2) is 4.98 Å². The Kier molecular flexibility index (Phi) is 4.64. The largest absolute Gasteiger partial charge is 0.334 e. The van der Waals surface area contributed by atoms with Gasteiger partial charge in [0.25, 0.3) is 5.89 Å². The smallest absolute Gasteiger partial charge is 0.258 e. The quantitative estimate of drug-likeness (QED) is 0.777. The Morgan fingerprint density at radius 2 is 1.91 bits per heavy atom. The first-order chi connectivity index (χ1) is 10.9. The SMILES string of the molecule is Cl.c1cnc(-c2noc(-c3ccc4c(c3)CCNCC4)n2)cn1. The second kappa shape index (κ2) is 6.85. The number of aromatic nitrogens is 4. The molecule has 0 unspecified atom stereocenters. The molecule has 0 aliphatic carbocycles. The van der Waals surface area contributed by atoms with Crippen molar-refractivity contribution in [2.45, 2.75) is 12.8 Å². The molecular weight excluding hydrogens is 314 g/mol. The number of nitrogens with zero attached hydrogens (tertiary/aromatic N) is 4. The third-order valence-corrected chi connectivity index (χ3v) is 3.81. The Hall–Kier alpha value is -2.31. The van der Waals surface area contributed by atoms with Gasteiger partial charge in [0, 0.05) is 18.0 Å². The van der Waals surface area contributed by atoms with E-state index in [0.29, 0.717) is 17.4 Å². The summed E-state index contributed by atoms with van der Waals surface area (Å²) in [5.41, 5.74) is 4.30. The molecule has 0 saturated heterocycles. The normalized spacial score (nSPS) is 13.7. The van der Waals surface area contributed by atoms with Crippen molar-refractivity contribution in [2.24, 2.45) is 0 Å². The molecule has 1 aromatic carbocycles. The highest BCUT2D eigenvalue weighted by Crippen LogP contribution is 2.24. The average Bonchev–Trinajstić information content (AvgIpc) is 2.95. The highest BCUT2D eigenvalue weighted by atomic mass is 35.5. The fourth-order valence-electron chi connectivity index (χ4n) is 2.67. The maximum Gasteiger partial charge on any atom is 0.258 e. The second-order valence-corrected chi connectivity index (χ2v) is 5.25. The van der Waals surface area contributed by atoms with E-state index in [4.69, 9.17) is 4.52 Å². The van der Waals surface area contributed by atoms with Crippen LogP contribution in [0.3, 0.4) is 0 Å². The molecule has 0 saturated carbocycles. The highest BCUT2D eigenvalue weighted by molar-refractivity contribution is 5.85. The topological polar surface area (TPSA) is 76.7 Å². The lowest BCUT2D eigenvalue weighted by Crippen LogP contribution is -2.16. The third kappa shape index (κ3) is 3.23. The molecule has 0 spiro atoms. The summed E-state index contributed by atoms with van der Waals surface area (Å²) in [5, 5.41) is 7.40. The standard InChI is InChI=1S/C16H15N5O.ClH/c1-2-13(9-12-4-6-17-5-3-11(1)12)16-20-15(21-22-16)14-10-18-7-8-19-14;/h1-2,7-10,17H,3-6H2;1H. The lowest BCUT2D eigenvalue weighted by Gasteiger charge is -2.05. The third-order valence-electron chi connectivity index (χ3n) is 3.81. The summed E-state index contributed by atoms with van der Waals surface area (Å²) in [4.78, 5) is 12.6. The van der Waals surface area contributed by atoms with Gasteiger partial charge in [-0.05, 0) is 49.2 Å². The zero-order valence-electron chi connectivity index (χ0n) is 12.4. The molecule has 6 nitrogen and oxygen atoms in total. The van der Waals surface area contributed by atoms with E-state index in [1.165, 1.54) is 11.1 Å². The molecule has 1 N–H and O–H groups in total. The minimum atomic E-state index is 0. The van der Waals surface area contributed by atoms with E-state index in [0.717, 1.165) is 31.5 Å². The van der Waals surface area contributed by atoms with Crippen molar-refractivity contribution in [3.8, 4) is 23.0 Å². The van der Waals surface area contributed by atoms with Gasteiger partial charge in [0.05, 0.1) is 6.20 Å². The Balaban J connectivity index is 0.00000156. The summed E-state index contributed by atoms with van der Waals surface area (Å²) < 4.78 is 5.38. The van der Waals surface area contributed by atoms with Gasteiger partial charge in [-0.1, -0.05) is 11.2 Å². The van der Waals surface area contributed by atoms with Crippen LogP contribution >= 0.6 is 12.4 Å². The predicted octanol–water partition coefficient (Wildman–Crippen LogP) is 2.30. The highest BCUT2D eigenvalue weighted by Gasteiger charge is 2.14. The Morgan fingerprint density at radius 1 is 1.04 bits per heavy atom. The van der Waals surface area contributed by atoms with E-state index >= 15 is 0 Å². The Labute approximate surface area is 139 Å². The van der Waals surface area contributed by atoms with E-state index in [1.807, 2.05) is 6.07 Å². The number of halogens is 1. The van der Waals surface area contributed by atoms with E-state index in [2.05, 4.69) is 37.6 Å². The summed E-state index contributed by atoms with van der Waals surface area (Å²) >= 11 is 0.